The van der Waals surface area contributed by atoms with E-state index in [2.05, 4.69) is 15.3 Å². The van der Waals surface area contributed by atoms with Crippen LogP contribution in [-0.2, 0) is 0 Å². The van der Waals surface area contributed by atoms with Gasteiger partial charge < -0.3 is 10.1 Å². The molecule has 1 N–H and O–H groups in total. The zero-order valence-electron chi connectivity index (χ0n) is 9.51. The average molecular weight is 261 g/mol. The number of halogens is 1. The molecule has 0 unspecified atom stereocenters. The lowest BCUT2D eigenvalue weighted by Crippen LogP contribution is -1.97. The number of ether oxygens (including phenoxy) is 1. The smallest absolute Gasteiger partial charge is 0.225 e. The molecule has 2 aromatic rings. The van der Waals surface area contributed by atoms with Gasteiger partial charge in [-0.05, 0) is 35.9 Å². The summed E-state index contributed by atoms with van der Waals surface area (Å²) >= 11 is 5.71. The van der Waals surface area contributed by atoms with Crippen LogP contribution in [0.5, 0.6) is 5.75 Å². The van der Waals surface area contributed by atoms with Crippen LogP contribution in [0.3, 0.4) is 0 Å². The standard InChI is InChI=1S/C12H9ClN4O/c1-18-10-4-2-8(3-5-10)15-11-6-9(7-14)16-12(13)17-11/h2-6H,1H3,(H,15,16,17). The molecular formula is C12H9ClN4O. The predicted molar refractivity (Wildman–Crippen MR) is 68.0 cm³/mol. The van der Waals surface area contributed by atoms with E-state index in [1.54, 1.807) is 7.11 Å². The summed E-state index contributed by atoms with van der Waals surface area (Å²) in [5, 5.41) is 11.8. The van der Waals surface area contributed by atoms with E-state index in [4.69, 9.17) is 21.6 Å². The first-order valence-electron chi connectivity index (χ1n) is 5.07. The fraction of sp³-hybridized carbons (Fsp3) is 0.0833. The van der Waals surface area contributed by atoms with Gasteiger partial charge in [-0.2, -0.15) is 5.26 Å². The monoisotopic (exact) mass is 260 g/mol. The fourth-order valence-electron chi connectivity index (χ4n) is 1.36. The number of nitrogens with zero attached hydrogens (tertiary/aromatic N) is 3. The van der Waals surface area contributed by atoms with E-state index in [9.17, 15) is 0 Å². The number of anilines is 2. The van der Waals surface area contributed by atoms with Crippen molar-refractivity contribution in [1.29, 1.82) is 5.26 Å². The molecule has 5 nitrogen and oxygen atoms in total. The van der Waals surface area contributed by atoms with Crippen LogP contribution >= 0.6 is 11.6 Å². The second-order valence-corrected chi connectivity index (χ2v) is 3.71. The van der Waals surface area contributed by atoms with Crippen LogP contribution in [0.25, 0.3) is 0 Å². The number of aromatic nitrogens is 2. The Hall–Kier alpha value is -2.32. The minimum atomic E-state index is 0.0325. The van der Waals surface area contributed by atoms with Gasteiger partial charge in [0.15, 0.2) is 0 Å². The van der Waals surface area contributed by atoms with E-state index in [0.717, 1.165) is 11.4 Å². The minimum absolute atomic E-state index is 0.0325. The SMILES string of the molecule is COc1ccc(Nc2cc(C#N)nc(Cl)n2)cc1. The van der Waals surface area contributed by atoms with Gasteiger partial charge in [-0.3, -0.25) is 0 Å². The molecule has 18 heavy (non-hydrogen) atoms. The summed E-state index contributed by atoms with van der Waals surface area (Å²) in [4.78, 5) is 7.74. The second kappa shape index (κ2) is 5.34. The number of hydrogen-bond acceptors (Lipinski definition) is 5. The van der Waals surface area contributed by atoms with Crippen molar-refractivity contribution in [2.24, 2.45) is 0 Å². The molecule has 0 bridgehead atoms. The van der Waals surface area contributed by atoms with Gasteiger partial charge in [0.25, 0.3) is 0 Å². The Kier molecular flexibility index (Phi) is 3.60. The highest BCUT2D eigenvalue weighted by atomic mass is 35.5. The van der Waals surface area contributed by atoms with E-state index < -0.39 is 0 Å². The molecule has 1 aromatic carbocycles. The fourth-order valence-corrected chi connectivity index (χ4v) is 1.54. The lowest BCUT2D eigenvalue weighted by Gasteiger charge is -2.06. The Morgan fingerprint density at radius 3 is 2.61 bits per heavy atom. The van der Waals surface area contributed by atoms with Crippen molar-refractivity contribution < 1.29 is 4.74 Å². The molecule has 0 amide bonds. The van der Waals surface area contributed by atoms with Gasteiger partial charge in [-0.1, -0.05) is 0 Å². The summed E-state index contributed by atoms with van der Waals surface area (Å²) in [6, 6.07) is 10.7. The molecule has 0 aliphatic carbocycles. The summed E-state index contributed by atoms with van der Waals surface area (Å²) in [5.74, 6) is 1.23. The van der Waals surface area contributed by atoms with E-state index in [1.807, 2.05) is 30.3 Å². The third-order valence-corrected chi connectivity index (χ3v) is 2.34. The molecule has 0 atom stereocenters. The summed E-state index contributed by atoms with van der Waals surface area (Å²) in [7, 11) is 1.60. The highest BCUT2D eigenvalue weighted by Crippen LogP contribution is 2.19. The molecule has 2 rings (SSSR count). The molecule has 0 spiro atoms. The van der Waals surface area contributed by atoms with Crippen LogP contribution in [0, 0.1) is 11.3 Å². The topological polar surface area (TPSA) is 70.8 Å². The van der Waals surface area contributed by atoms with Crippen molar-refractivity contribution >= 4 is 23.1 Å². The van der Waals surface area contributed by atoms with E-state index >= 15 is 0 Å². The zero-order valence-corrected chi connectivity index (χ0v) is 10.3. The van der Waals surface area contributed by atoms with Crippen LogP contribution in [0.1, 0.15) is 5.69 Å². The van der Waals surface area contributed by atoms with Crippen molar-refractivity contribution in [3.63, 3.8) is 0 Å². The van der Waals surface area contributed by atoms with Crippen LogP contribution in [0.4, 0.5) is 11.5 Å². The van der Waals surface area contributed by atoms with Crippen molar-refractivity contribution in [2.45, 2.75) is 0 Å². The van der Waals surface area contributed by atoms with Gasteiger partial charge in [0, 0.05) is 11.8 Å². The second-order valence-electron chi connectivity index (χ2n) is 3.37. The van der Waals surface area contributed by atoms with Gasteiger partial charge in [0.2, 0.25) is 5.28 Å². The van der Waals surface area contributed by atoms with Crippen LogP contribution in [0.2, 0.25) is 5.28 Å². The summed E-state index contributed by atoms with van der Waals surface area (Å²) in [6.45, 7) is 0. The largest absolute Gasteiger partial charge is 0.497 e. The third kappa shape index (κ3) is 2.87. The van der Waals surface area contributed by atoms with Gasteiger partial charge in [-0.25, -0.2) is 9.97 Å². The van der Waals surface area contributed by atoms with Crippen LogP contribution in [-0.4, -0.2) is 17.1 Å². The van der Waals surface area contributed by atoms with E-state index in [1.165, 1.54) is 6.07 Å². The van der Waals surface area contributed by atoms with Gasteiger partial charge in [-0.15, -0.1) is 0 Å². The molecule has 6 heteroatoms. The Bertz CT molecular complexity index is 592. The Morgan fingerprint density at radius 2 is 2.00 bits per heavy atom. The number of hydrogen-bond donors (Lipinski definition) is 1. The Morgan fingerprint density at radius 1 is 1.28 bits per heavy atom. The molecule has 0 aliphatic heterocycles. The molecule has 0 radical (unpaired) electrons. The van der Waals surface area contributed by atoms with E-state index in [-0.39, 0.29) is 11.0 Å². The number of rotatable bonds is 3. The number of nitriles is 1. The van der Waals surface area contributed by atoms with Gasteiger partial charge >= 0.3 is 0 Å². The van der Waals surface area contributed by atoms with Gasteiger partial charge in [0.1, 0.15) is 23.3 Å². The maximum Gasteiger partial charge on any atom is 0.225 e. The Labute approximate surface area is 109 Å². The average Bonchev–Trinajstić information content (AvgIpc) is 2.39. The van der Waals surface area contributed by atoms with Gasteiger partial charge in [0.05, 0.1) is 7.11 Å². The van der Waals surface area contributed by atoms with Crippen molar-refractivity contribution in [3.8, 4) is 11.8 Å². The highest BCUT2D eigenvalue weighted by molar-refractivity contribution is 6.28. The summed E-state index contributed by atoms with van der Waals surface area (Å²) < 4.78 is 5.06. The van der Waals surface area contributed by atoms with E-state index in [0.29, 0.717) is 5.82 Å². The van der Waals surface area contributed by atoms with Crippen molar-refractivity contribution in [2.75, 3.05) is 12.4 Å². The van der Waals surface area contributed by atoms with Crippen molar-refractivity contribution in [3.05, 3.63) is 41.3 Å². The molecule has 0 saturated heterocycles. The lowest BCUT2D eigenvalue weighted by molar-refractivity contribution is 0.415. The predicted octanol–water partition coefficient (Wildman–Crippen LogP) is 2.75. The number of methoxy groups -OCH3 is 1. The maximum atomic E-state index is 8.78. The molecule has 0 saturated carbocycles. The Balaban J connectivity index is 2.22. The molecular weight excluding hydrogens is 252 g/mol. The first kappa shape index (κ1) is 12.1. The molecule has 0 fully saturated rings. The first-order chi connectivity index (χ1) is 8.71. The summed E-state index contributed by atoms with van der Waals surface area (Å²) in [6.07, 6.45) is 0. The van der Waals surface area contributed by atoms with Crippen molar-refractivity contribution in [1.82, 2.24) is 9.97 Å². The number of benzene rings is 1. The normalized spacial score (nSPS) is 9.61. The molecule has 1 heterocycles. The third-order valence-electron chi connectivity index (χ3n) is 2.18. The first-order valence-corrected chi connectivity index (χ1v) is 5.45. The molecule has 1 aromatic heterocycles. The van der Waals surface area contributed by atoms with Crippen LogP contribution in [0.15, 0.2) is 30.3 Å². The summed E-state index contributed by atoms with van der Waals surface area (Å²) in [5.41, 5.74) is 1.03. The maximum absolute atomic E-state index is 8.78. The molecule has 0 aliphatic rings. The number of nitrogens with one attached hydrogen (secondary N) is 1. The lowest BCUT2D eigenvalue weighted by atomic mass is 10.3. The molecule has 90 valence electrons. The zero-order chi connectivity index (χ0) is 13.0. The minimum Gasteiger partial charge on any atom is -0.497 e. The quantitative estimate of drug-likeness (QED) is 0.859. The van der Waals surface area contributed by atoms with Crippen LogP contribution < -0.4 is 10.1 Å². The highest BCUT2D eigenvalue weighted by Gasteiger charge is 2.03.